The maximum Gasteiger partial charge on any atom is 0.139 e. The highest BCUT2D eigenvalue weighted by atomic mass is 32.1. The van der Waals surface area contributed by atoms with Crippen LogP contribution in [0, 0.1) is 0 Å². The zero-order valence-corrected chi connectivity index (χ0v) is 8.85. The summed E-state index contributed by atoms with van der Waals surface area (Å²) in [5.41, 5.74) is 1.77. The van der Waals surface area contributed by atoms with E-state index in [-0.39, 0.29) is 0 Å². The van der Waals surface area contributed by atoms with Crippen molar-refractivity contribution in [2.24, 2.45) is 0 Å². The third-order valence-electron chi connectivity index (χ3n) is 2.49. The molecule has 0 saturated carbocycles. The molecule has 2 heterocycles. The monoisotopic (exact) mass is 210 g/mol. The summed E-state index contributed by atoms with van der Waals surface area (Å²) in [6.45, 7) is 1.07. The Bertz CT molecular complexity index is 291. The van der Waals surface area contributed by atoms with Crippen molar-refractivity contribution in [1.29, 1.82) is 0 Å². The summed E-state index contributed by atoms with van der Waals surface area (Å²) >= 11 is 1.56. The number of rotatable bonds is 4. The molecule has 1 atom stereocenters. The van der Waals surface area contributed by atoms with E-state index in [0.29, 0.717) is 24.7 Å². The quantitative estimate of drug-likeness (QED) is 0.816. The molecule has 0 aliphatic carbocycles. The molecule has 1 unspecified atom stereocenters. The highest BCUT2D eigenvalue weighted by molar-refractivity contribution is 7.09. The topological polar surface area (TPSA) is 42.0 Å². The first-order chi connectivity index (χ1) is 6.84. The van der Waals surface area contributed by atoms with Crippen LogP contribution in [0.4, 0.5) is 0 Å². The lowest BCUT2D eigenvalue weighted by molar-refractivity contribution is -0.118. The largest absolute Gasteiger partial charge is 0.314 e. The van der Waals surface area contributed by atoms with Crippen molar-refractivity contribution < 1.29 is 4.79 Å². The van der Waals surface area contributed by atoms with E-state index >= 15 is 0 Å². The Morgan fingerprint density at radius 1 is 1.71 bits per heavy atom. The molecule has 0 amide bonds. The van der Waals surface area contributed by atoms with Gasteiger partial charge in [0, 0.05) is 30.0 Å². The molecular weight excluding hydrogens is 196 g/mol. The van der Waals surface area contributed by atoms with Gasteiger partial charge in [-0.05, 0) is 19.4 Å². The average molecular weight is 210 g/mol. The van der Waals surface area contributed by atoms with Crippen LogP contribution in [0.3, 0.4) is 0 Å². The Labute approximate surface area is 87.6 Å². The van der Waals surface area contributed by atoms with Gasteiger partial charge in [-0.15, -0.1) is 11.3 Å². The van der Waals surface area contributed by atoms with Crippen LogP contribution in [0.15, 0.2) is 11.7 Å². The van der Waals surface area contributed by atoms with Crippen molar-refractivity contribution >= 4 is 17.1 Å². The van der Waals surface area contributed by atoms with Crippen LogP contribution in [-0.4, -0.2) is 23.4 Å². The van der Waals surface area contributed by atoms with Crippen LogP contribution in [0.2, 0.25) is 0 Å². The number of Topliss-reactive ketones (excluding diaryl/α,β-unsaturated/α-hetero) is 1. The molecule has 1 fully saturated rings. The minimum absolute atomic E-state index is 0.327. The summed E-state index contributed by atoms with van der Waals surface area (Å²) in [7, 11) is 0. The predicted octanol–water partition coefficient (Wildman–Crippen LogP) is 1.40. The van der Waals surface area contributed by atoms with Crippen molar-refractivity contribution in [1.82, 2.24) is 10.3 Å². The second-order valence-corrected chi connectivity index (χ2v) is 4.65. The third-order valence-corrected chi connectivity index (χ3v) is 3.27. The van der Waals surface area contributed by atoms with Gasteiger partial charge in [0.15, 0.2) is 0 Å². The molecule has 1 aliphatic heterocycles. The van der Waals surface area contributed by atoms with Crippen molar-refractivity contribution in [3.05, 3.63) is 16.6 Å². The first kappa shape index (κ1) is 9.80. The summed E-state index contributed by atoms with van der Waals surface area (Å²) in [6, 6.07) is 0.426. The average Bonchev–Trinajstić information content (AvgIpc) is 2.76. The van der Waals surface area contributed by atoms with E-state index in [1.54, 1.807) is 23.0 Å². The first-order valence-corrected chi connectivity index (χ1v) is 5.85. The molecule has 0 spiro atoms. The number of aromatic nitrogens is 1. The van der Waals surface area contributed by atoms with Crippen LogP contribution in [0.25, 0.3) is 0 Å². The number of nitrogens with one attached hydrogen (secondary N) is 1. The molecule has 1 aromatic rings. The van der Waals surface area contributed by atoms with E-state index in [2.05, 4.69) is 10.3 Å². The fourth-order valence-corrected chi connectivity index (χ4v) is 2.42. The standard InChI is InChI=1S/C10H14N2OS/c13-9(4-8-2-1-3-12-8)5-10-6-11-7-14-10/h6-8,12H,1-5H2. The molecule has 1 aromatic heterocycles. The molecule has 3 nitrogen and oxygen atoms in total. The van der Waals surface area contributed by atoms with Gasteiger partial charge in [-0.2, -0.15) is 0 Å². The molecule has 1 N–H and O–H groups in total. The Kier molecular flexibility index (Phi) is 3.26. The molecule has 1 saturated heterocycles. The Hall–Kier alpha value is -0.740. The lowest BCUT2D eigenvalue weighted by Crippen LogP contribution is -2.25. The minimum Gasteiger partial charge on any atom is -0.314 e. The summed E-state index contributed by atoms with van der Waals surface area (Å²) in [5.74, 6) is 0.327. The number of carbonyl (C=O) groups excluding carboxylic acids is 1. The molecule has 76 valence electrons. The van der Waals surface area contributed by atoms with Crippen LogP contribution in [-0.2, 0) is 11.2 Å². The molecule has 4 heteroatoms. The summed E-state index contributed by atoms with van der Waals surface area (Å²) in [5, 5.41) is 3.33. The van der Waals surface area contributed by atoms with E-state index in [9.17, 15) is 4.79 Å². The fourth-order valence-electron chi connectivity index (χ4n) is 1.80. The maximum absolute atomic E-state index is 11.6. The van der Waals surface area contributed by atoms with Crippen molar-refractivity contribution in [3.8, 4) is 0 Å². The molecular formula is C10H14N2OS. The van der Waals surface area contributed by atoms with Gasteiger partial charge in [0.1, 0.15) is 5.78 Å². The van der Waals surface area contributed by atoms with Crippen LogP contribution < -0.4 is 5.32 Å². The Morgan fingerprint density at radius 2 is 2.64 bits per heavy atom. The minimum atomic E-state index is 0.327. The van der Waals surface area contributed by atoms with Gasteiger partial charge in [0.05, 0.1) is 5.51 Å². The zero-order valence-electron chi connectivity index (χ0n) is 8.03. The van der Waals surface area contributed by atoms with Gasteiger partial charge in [0.2, 0.25) is 0 Å². The van der Waals surface area contributed by atoms with Crippen LogP contribution >= 0.6 is 11.3 Å². The second kappa shape index (κ2) is 4.66. The van der Waals surface area contributed by atoms with Crippen molar-refractivity contribution in [2.75, 3.05) is 6.54 Å². The molecule has 0 aromatic carbocycles. The number of carbonyl (C=O) groups is 1. The maximum atomic E-state index is 11.6. The number of hydrogen-bond donors (Lipinski definition) is 1. The lowest BCUT2D eigenvalue weighted by atomic mass is 10.1. The molecule has 2 rings (SSSR count). The number of ketones is 1. The lowest BCUT2D eigenvalue weighted by Gasteiger charge is -2.07. The number of hydrogen-bond acceptors (Lipinski definition) is 4. The number of nitrogens with zero attached hydrogens (tertiary/aromatic N) is 1. The molecule has 0 radical (unpaired) electrons. The molecule has 1 aliphatic rings. The third kappa shape index (κ3) is 2.62. The van der Waals surface area contributed by atoms with Crippen molar-refractivity contribution in [2.45, 2.75) is 31.7 Å². The summed E-state index contributed by atoms with van der Waals surface area (Å²) in [4.78, 5) is 16.6. The predicted molar refractivity (Wildman–Crippen MR) is 56.5 cm³/mol. The smallest absolute Gasteiger partial charge is 0.139 e. The normalized spacial score (nSPS) is 21.3. The Balaban J connectivity index is 1.78. The van der Waals surface area contributed by atoms with E-state index in [0.717, 1.165) is 17.8 Å². The van der Waals surface area contributed by atoms with Gasteiger partial charge >= 0.3 is 0 Å². The first-order valence-electron chi connectivity index (χ1n) is 4.97. The highest BCUT2D eigenvalue weighted by Crippen LogP contribution is 2.12. The molecule has 14 heavy (non-hydrogen) atoms. The van der Waals surface area contributed by atoms with E-state index in [1.807, 2.05) is 0 Å². The Morgan fingerprint density at radius 3 is 3.29 bits per heavy atom. The SMILES string of the molecule is O=C(Cc1cncs1)CC1CCCN1. The van der Waals surface area contributed by atoms with Crippen molar-refractivity contribution in [3.63, 3.8) is 0 Å². The zero-order chi connectivity index (χ0) is 9.80. The summed E-state index contributed by atoms with van der Waals surface area (Å²) < 4.78 is 0. The summed E-state index contributed by atoms with van der Waals surface area (Å²) in [6.07, 6.45) is 5.37. The highest BCUT2D eigenvalue weighted by Gasteiger charge is 2.17. The van der Waals surface area contributed by atoms with Crippen LogP contribution in [0.1, 0.15) is 24.1 Å². The van der Waals surface area contributed by atoms with Gasteiger partial charge in [0.25, 0.3) is 0 Å². The van der Waals surface area contributed by atoms with E-state index < -0.39 is 0 Å². The van der Waals surface area contributed by atoms with Gasteiger partial charge in [-0.25, -0.2) is 0 Å². The fraction of sp³-hybridized carbons (Fsp3) is 0.600. The van der Waals surface area contributed by atoms with E-state index in [4.69, 9.17) is 0 Å². The number of thiazole rings is 1. The van der Waals surface area contributed by atoms with Crippen LogP contribution in [0.5, 0.6) is 0 Å². The molecule has 0 bridgehead atoms. The van der Waals surface area contributed by atoms with Gasteiger partial charge < -0.3 is 5.32 Å². The van der Waals surface area contributed by atoms with Gasteiger partial charge in [-0.3, -0.25) is 9.78 Å². The van der Waals surface area contributed by atoms with Gasteiger partial charge in [-0.1, -0.05) is 0 Å². The van der Waals surface area contributed by atoms with E-state index in [1.165, 1.54) is 6.42 Å². The second-order valence-electron chi connectivity index (χ2n) is 3.68.